The van der Waals surface area contributed by atoms with E-state index in [9.17, 15) is 0 Å². The van der Waals surface area contributed by atoms with Crippen LogP contribution in [-0.2, 0) is 6.54 Å². The van der Waals surface area contributed by atoms with Crippen molar-refractivity contribution in [3.05, 3.63) is 24.6 Å². The number of anilines is 1. The number of hydrogen-bond donors (Lipinski definition) is 2. The van der Waals surface area contributed by atoms with E-state index in [0.29, 0.717) is 11.3 Å². The lowest BCUT2D eigenvalue weighted by Gasteiger charge is -2.36. The Bertz CT molecular complexity index is 890. The van der Waals surface area contributed by atoms with Gasteiger partial charge in [0.1, 0.15) is 11.8 Å². The Kier molecular flexibility index (Phi) is 5.52. The van der Waals surface area contributed by atoms with Crippen molar-refractivity contribution in [3.8, 4) is 0 Å². The molecule has 2 aliphatic heterocycles. The highest BCUT2D eigenvalue weighted by atomic mass is 35.5. The van der Waals surface area contributed by atoms with Crippen molar-refractivity contribution in [3.63, 3.8) is 0 Å². The maximum atomic E-state index is 6.18. The van der Waals surface area contributed by atoms with E-state index in [4.69, 9.17) is 17.3 Å². The molecule has 0 radical (unpaired) electrons. The monoisotopic (exact) mass is 403 g/mol. The molecule has 0 saturated carbocycles. The molecule has 4 rings (SSSR count). The molecular weight excluding hydrogens is 378 g/mol. The molecule has 0 aromatic carbocycles. The lowest BCUT2D eigenvalue weighted by molar-refractivity contribution is 0.227. The van der Waals surface area contributed by atoms with Crippen molar-refractivity contribution < 1.29 is 0 Å². The average Bonchev–Trinajstić information content (AvgIpc) is 3.26. The molecule has 0 bridgehead atoms. The van der Waals surface area contributed by atoms with Gasteiger partial charge in [-0.25, -0.2) is 19.9 Å². The number of nitrogens with zero attached hydrogens (tertiary/aromatic N) is 7. The van der Waals surface area contributed by atoms with Gasteiger partial charge in [0.15, 0.2) is 22.9 Å². The van der Waals surface area contributed by atoms with Gasteiger partial charge in [0.25, 0.3) is 0 Å². The number of fused-ring (bicyclic) bond motifs is 2. The predicted octanol–water partition coefficient (Wildman–Crippen LogP) is 1.93. The minimum absolute atomic E-state index is 0.377. The third kappa shape index (κ3) is 3.84. The van der Waals surface area contributed by atoms with E-state index in [1.54, 1.807) is 6.33 Å². The number of hydrogen-bond acceptors (Lipinski definition) is 8. The van der Waals surface area contributed by atoms with Gasteiger partial charge in [-0.3, -0.25) is 0 Å². The van der Waals surface area contributed by atoms with Crippen molar-refractivity contribution in [1.82, 2.24) is 34.6 Å². The van der Waals surface area contributed by atoms with Gasteiger partial charge in [0, 0.05) is 25.8 Å². The number of aromatic nitrogens is 4. The largest absolute Gasteiger partial charge is 0.382 e. The number of amidine groups is 1. The minimum Gasteiger partial charge on any atom is -0.382 e. The van der Waals surface area contributed by atoms with E-state index in [0.717, 1.165) is 56.3 Å². The van der Waals surface area contributed by atoms with Crippen LogP contribution in [0.25, 0.3) is 11.2 Å². The molecule has 28 heavy (non-hydrogen) atoms. The lowest BCUT2D eigenvalue weighted by Crippen LogP contribution is -2.46. The van der Waals surface area contributed by atoms with Crippen molar-refractivity contribution in [2.24, 2.45) is 4.99 Å². The highest BCUT2D eigenvalue weighted by molar-refractivity contribution is 6.22. The van der Waals surface area contributed by atoms with Gasteiger partial charge in [-0.2, -0.15) is 0 Å². The molecule has 4 heterocycles. The van der Waals surface area contributed by atoms with Crippen LogP contribution >= 0.6 is 11.6 Å². The molecule has 0 spiro atoms. The Morgan fingerprint density at radius 3 is 2.93 bits per heavy atom. The normalized spacial score (nSPS) is 18.9. The maximum Gasteiger partial charge on any atom is 0.197 e. The van der Waals surface area contributed by atoms with Gasteiger partial charge < -0.3 is 25.4 Å². The number of aryl methyl sites for hydroxylation is 1. The molecule has 2 aromatic rings. The summed E-state index contributed by atoms with van der Waals surface area (Å²) in [5, 5.41) is 3.23. The molecule has 0 fully saturated rings. The molecule has 2 aromatic heterocycles. The first-order valence-electron chi connectivity index (χ1n) is 9.76. The number of imidazole rings is 1. The standard InChI is InChI=1S/C18H26ClN9/c1-2-3-4-7-28-12-26(9-13-16(28)25-18(19)24-13)6-5-8-27-11-23-14-15(20)21-10-22-17(14)27/h9-11,18,24H,2-8,12H2,1H3,(H2,20,21,22). The molecule has 2 aliphatic rings. The van der Waals surface area contributed by atoms with E-state index in [1.165, 1.54) is 19.2 Å². The van der Waals surface area contributed by atoms with Crippen molar-refractivity contribution in [1.29, 1.82) is 0 Å². The first-order chi connectivity index (χ1) is 13.7. The van der Waals surface area contributed by atoms with Crippen LogP contribution in [0.2, 0.25) is 0 Å². The highest BCUT2D eigenvalue weighted by Gasteiger charge is 2.29. The number of nitrogens with one attached hydrogen (secondary N) is 1. The quantitative estimate of drug-likeness (QED) is 0.394. The minimum atomic E-state index is -0.377. The Balaban J connectivity index is 1.39. The van der Waals surface area contributed by atoms with Crippen LogP contribution in [0.4, 0.5) is 5.82 Å². The van der Waals surface area contributed by atoms with E-state index >= 15 is 0 Å². The molecule has 3 N–H and O–H groups in total. The fourth-order valence-corrected chi connectivity index (χ4v) is 3.84. The third-order valence-corrected chi connectivity index (χ3v) is 5.23. The van der Waals surface area contributed by atoms with E-state index in [2.05, 4.69) is 48.2 Å². The summed E-state index contributed by atoms with van der Waals surface area (Å²) in [4.78, 5) is 21.8. The van der Waals surface area contributed by atoms with Gasteiger partial charge in [0.05, 0.1) is 18.7 Å². The zero-order valence-corrected chi connectivity index (χ0v) is 16.8. The first-order valence-corrected chi connectivity index (χ1v) is 10.2. The van der Waals surface area contributed by atoms with Gasteiger partial charge in [-0.05, 0) is 12.8 Å². The van der Waals surface area contributed by atoms with Crippen LogP contribution in [0, 0.1) is 0 Å². The van der Waals surface area contributed by atoms with Crippen LogP contribution in [0.5, 0.6) is 0 Å². The number of halogens is 1. The number of rotatable bonds is 8. The summed E-state index contributed by atoms with van der Waals surface area (Å²) < 4.78 is 2.03. The molecule has 1 unspecified atom stereocenters. The zero-order chi connectivity index (χ0) is 19.5. The Labute approximate surface area is 169 Å². The fraction of sp³-hybridized carbons (Fsp3) is 0.556. The number of unbranched alkanes of at least 4 members (excludes halogenated alkanes) is 2. The van der Waals surface area contributed by atoms with Gasteiger partial charge in [-0.15, -0.1) is 0 Å². The van der Waals surface area contributed by atoms with Crippen molar-refractivity contribution in [2.45, 2.75) is 44.8 Å². The Hall–Kier alpha value is -2.55. The second kappa shape index (κ2) is 8.22. The van der Waals surface area contributed by atoms with Crippen LogP contribution in [0.3, 0.4) is 0 Å². The van der Waals surface area contributed by atoms with Gasteiger partial charge in [0.2, 0.25) is 0 Å². The fourth-order valence-electron chi connectivity index (χ4n) is 3.63. The topological polar surface area (TPSA) is 100 Å². The van der Waals surface area contributed by atoms with Crippen LogP contribution in [-0.4, -0.2) is 60.5 Å². The summed E-state index contributed by atoms with van der Waals surface area (Å²) in [6.07, 6.45) is 9.93. The molecule has 9 nitrogen and oxygen atoms in total. The second-order valence-corrected chi connectivity index (χ2v) is 7.54. The number of alkyl halides is 1. The van der Waals surface area contributed by atoms with Gasteiger partial charge in [-0.1, -0.05) is 31.4 Å². The molecule has 150 valence electrons. The van der Waals surface area contributed by atoms with Gasteiger partial charge >= 0.3 is 0 Å². The van der Waals surface area contributed by atoms with E-state index in [1.807, 2.05) is 4.57 Å². The van der Waals surface area contributed by atoms with E-state index in [-0.39, 0.29) is 5.62 Å². The summed E-state index contributed by atoms with van der Waals surface area (Å²) in [5.74, 6) is 1.40. The predicted molar refractivity (Wildman–Crippen MR) is 110 cm³/mol. The second-order valence-electron chi connectivity index (χ2n) is 7.12. The Morgan fingerprint density at radius 1 is 1.18 bits per heavy atom. The summed E-state index contributed by atoms with van der Waals surface area (Å²) in [6, 6.07) is 0. The average molecular weight is 404 g/mol. The Morgan fingerprint density at radius 2 is 2.07 bits per heavy atom. The third-order valence-electron chi connectivity index (χ3n) is 5.02. The molecular formula is C18H26ClN9. The number of nitrogens with two attached hydrogens (primary N) is 1. The molecule has 0 saturated heterocycles. The maximum absolute atomic E-state index is 6.18. The number of aliphatic imine (C=N–C) groups is 1. The molecule has 0 aliphatic carbocycles. The van der Waals surface area contributed by atoms with Crippen molar-refractivity contribution >= 4 is 34.4 Å². The first kappa shape index (κ1) is 18.8. The molecule has 1 atom stereocenters. The van der Waals surface area contributed by atoms with Crippen molar-refractivity contribution in [2.75, 3.05) is 25.5 Å². The highest BCUT2D eigenvalue weighted by Crippen LogP contribution is 2.21. The van der Waals surface area contributed by atoms with Crippen LogP contribution < -0.4 is 11.1 Å². The molecule has 0 amide bonds. The summed E-state index contributed by atoms with van der Waals surface area (Å²) in [6.45, 7) is 5.77. The molecule has 10 heteroatoms. The SMILES string of the molecule is CCCCCN1CN(CCCn2cnc3c(N)ncnc32)C=C2NC(Cl)N=C21. The summed E-state index contributed by atoms with van der Waals surface area (Å²) in [7, 11) is 0. The van der Waals surface area contributed by atoms with Crippen LogP contribution in [0.15, 0.2) is 29.5 Å². The number of nitrogen functional groups attached to an aromatic ring is 1. The van der Waals surface area contributed by atoms with E-state index < -0.39 is 0 Å². The van der Waals surface area contributed by atoms with Crippen LogP contribution in [0.1, 0.15) is 32.6 Å². The lowest BCUT2D eigenvalue weighted by atomic mass is 10.2. The smallest absolute Gasteiger partial charge is 0.197 e. The summed E-state index contributed by atoms with van der Waals surface area (Å²) in [5.41, 5.74) is 7.94. The zero-order valence-electron chi connectivity index (χ0n) is 16.1. The summed E-state index contributed by atoms with van der Waals surface area (Å²) >= 11 is 6.18.